The van der Waals surface area contributed by atoms with Gasteiger partial charge >= 0.3 is 0 Å². The van der Waals surface area contributed by atoms with E-state index in [9.17, 15) is 14.4 Å². The number of amidine groups is 1. The van der Waals surface area contributed by atoms with E-state index in [-0.39, 0.29) is 48.0 Å². The van der Waals surface area contributed by atoms with Gasteiger partial charge in [-0.3, -0.25) is 19.8 Å². The predicted molar refractivity (Wildman–Crippen MR) is 149 cm³/mol. The number of likely N-dealkylation sites (tertiary alicyclic amines) is 1. The maximum atomic E-state index is 12.9. The number of thiophene rings is 1. The van der Waals surface area contributed by atoms with Crippen molar-refractivity contribution in [2.45, 2.75) is 77.4 Å². The average molecular weight is 542 g/mol. The molecule has 3 rings (SSSR count). The lowest BCUT2D eigenvalue weighted by Gasteiger charge is -2.28. The van der Waals surface area contributed by atoms with Gasteiger partial charge in [0.1, 0.15) is 17.6 Å². The maximum Gasteiger partial charge on any atom is 0.243 e. The number of nitrogens with two attached hydrogens (primary N) is 1. The summed E-state index contributed by atoms with van der Waals surface area (Å²) in [7, 11) is 0. The third-order valence-corrected chi connectivity index (χ3v) is 7.57. The number of nitrogen functional groups attached to an aromatic ring is 1. The first-order valence-electron chi connectivity index (χ1n) is 13.0. The minimum Gasteiger partial charge on any atom is -0.494 e. The van der Waals surface area contributed by atoms with Crippen molar-refractivity contribution in [3.63, 3.8) is 0 Å². The van der Waals surface area contributed by atoms with Crippen LogP contribution in [0.25, 0.3) is 0 Å². The van der Waals surface area contributed by atoms with E-state index < -0.39 is 6.04 Å². The van der Waals surface area contributed by atoms with Crippen molar-refractivity contribution in [3.8, 4) is 5.75 Å². The Morgan fingerprint density at radius 1 is 1.16 bits per heavy atom. The van der Waals surface area contributed by atoms with Gasteiger partial charge in [0.2, 0.25) is 17.7 Å². The van der Waals surface area contributed by atoms with Gasteiger partial charge in [-0.25, -0.2) is 0 Å². The average Bonchev–Trinajstić information content (AvgIpc) is 3.50. The molecule has 0 spiro atoms. The van der Waals surface area contributed by atoms with Gasteiger partial charge < -0.3 is 26.0 Å². The van der Waals surface area contributed by atoms with Crippen LogP contribution in [0.15, 0.2) is 35.7 Å². The fourth-order valence-corrected chi connectivity index (χ4v) is 5.22. The van der Waals surface area contributed by atoms with Crippen molar-refractivity contribution in [2.24, 2.45) is 5.73 Å². The van der Waals surface area contributed by atoms with Crippen molar-refractivity contribution in [1.82, 2.24) is 15.5 Å². The van der Waals surface area contributed by atoms with Crippen LogP contribution in [0.5, 0.6) is 5.75 Å². The van der Waals surface area contributed by atoms with E-state index in [2.05, 4.69) is 31.4 Å². The number of rotatable bonds is 11. The molecule has 2 aromatic rings. The van der Waals surface area contributed by atoms with Crippen LogP contribution in [0.3, 0.4) is 0 Å². The second-order valence-corrected chi connectivity index (χ2v) is 11.7. The van der Waals surface area contributed by atoms with Gasteiger partial charge in [-0.15, -0.1) is 11.3 Å². The molecule has 1 fully saturated rings. The van der Waals surface area contributed by atoms with Crippen LogP contribution in [0, 0.1) is 5.41 Å². The first-order chi connectivity index (χ1) is 18.0. The second kappa shape index (κ2) is 12.9. The zero-order valence-electron chi connectivity index (χ0n) is 22.6. The Kier molecular flexibility index (Phi) is 9.90. The molecule has 1 aliphatic heterocycles. The van der Waals surface area contributed by atoms with Crippen LogP contribution in [-0.2, 0) is 26.3 Å². The fourth-order valence-electron chi connectivity index (χ4n) is 4.40. The summed E-state index contributed by atoms with van der Waals surface area (Å²) in [6, 6.07) is 9.09. The molecular formula is C28H39N5O4S. The Balaban J connectivity index is 1.39. The van der Waals surface area contributed by atoms with Crippen LogP contribution in [0.2, 0.25) is 0 Å². The molecule has 5 N–H and O–H groups in total. The van der Waals surface area contributed by atoms with E-state index >= 15 is 0 Å². The zero-order chi connectivity index (χ0) is 27.9. The molecule has 2 heterocycles. The van der Waals surface area contributed by atoms with Gasteiger partial charge in [0.15, 0.2) is 0 Å². The first kappa shape index (κ1) is 29.2. The number of benzene rings is 1. The standard InChI is InChI=1S/C28H39N5O4S/c1-18-7-12-23(27(36)32-15-22-14-19(17-38-22)26(29)30)33(18)25(35)16-31-24(34)6-5-13-37-21-10-8-20(9-11-21)28(2,3)4/h8-11,14,17-18,23H,5-7,12-13,15-16H2,1-4H3,(H3,29,30)(H,31,34)(H,32,36). The van der Waals surface area contributed by atoms with Crippen LogP contribution in [-0.4, -0.2) is 53.7 Å². The van der Waals surface area contributed by atoms with E-state index in [1.807, 2.05) is 31.2 Å². The molecule has 2 atom stereocenters. The van der Waals surface area contributed by atoms with E-state index in [0.29, 0.717) is 31.6 Å². The van der Waals surface area contributed by atoms with Gasteiger partial charge in [-0.1, -0.05) is 32.9 Å². The van der Waals surface area contributed by atoms with Crippen molar-refractivity contribution >= 4 is 34.9 Å². The molecule has 1 saturated heterocycles. The monoisotopic (exact) mass is 541 g/mol. The van der Waals surface area contributed by atoms with Crippen LogP contribution < -0.4 is 21.1 Å². The number of hydrogen-bond donors (Lipinski definition) is 4. The number of amides is 3. The summed E-state index contributed by atoms with van der Waals surface area (Å²) in [5, 5.41) is 14.8. The SMILES string of the molecule is CC1CCC(C(=O)NCc2cc(C(=N)N)cs2)N1C(=O)CNC(=O)CCCOc1ccc(C(C)(C)C)cc1. The number of nitrogens with zero attached hydrogens (tertiary/aromatic N) is 1. The molecule has 0 radical (unpaired) electrons. The molecule has 1 aromatic heterocycles. The Morgan fingerprint density at radius 3 is 2.50 bits per heavy atom. The molecular weight excluding hydrogens is 502 g/mol. The summed E-state index contributed by atoms with van der Waals surface area (Å²) in [6.07, 6.45) is 2.07. The smallest absolute Gasteiger partial charge is 0.243 e. The highest BCUT2D eigenvalue weighted by Crippen LogP contribution is 2.25. The Bertz CT molecular complexity index is 1140. The summed E-state index contributed by atoms with van der Waals surface area (Å²) < 4.78 is 5.74. The molecule has 38 heavy (non-hydrogen) atoms. The van der Waals surface area contributed by atoms with Crippen molar-refractivity contribution in [1.29, 1.82) is 5.41 Å². The topological polar surface area (TPSA) is 138 Å². The minimum absolute atomic E-state index is 0.0133. The highest BCUT2D eigenvalue weighted by atomic mass is 32.1. The molecule has 3 amide bonds. The first-order valence-corrected chi connectivity index (χ1v) is 13.8. The zero-order valence-corrected chi connectivity index (χ0v) is 23.5. The Labute approximate surface area is 228 Å². The van der Waals surface area contributed by atoms with Gasteiger partial charge in [-0.2, -0.15) is 0 Å². The highest BCUT2D eigenvalue weighted by molar-refractivity contribution is 7.10. The molecule has 9 nitrogen and oxygen atoms in total. The van der Waals surface area contributed by atoms with E-state index in [0.717, 1.165) is 17.0 Å². The van der Waals surface area contributed by atoms with Crippen molar-refractivity contribution in [3.05, 3.63) is 51.7 Å². The molecule has 1 aromatic carbocycles. The van der Waals surface area contributed by atoms with Gasteiger partial charge in [-0.05, 0) is 55.4 Å². The minimum atomic E-state index is -0.570. The van der Waals surface area contributed by atoms with Crippen LogP contribution in [0.4, 0.5) is 0 Å². The van der Waals surface area contributed by atoms with Crippen molar-refractivity contribution < 1.29 is 19.1 Å². The lowest BCUT2D eigenvalue weighted by atomic mass is 9.87. The normalized spacial score (nSPS) is 17.2. The highest BCUT2D eigenvalue weighted by Gasteiger charge is 2.38. The lowest BCUT2D eigenvalue weighted by Crippen LogP contribution is -2.51. The van der Waals surface area contributed by atoms with Crippen LogP contribution >= 0.6 is 11.3 Å². The fraction of sp³-hybridized carbons (Fsp3) is 0.500. The van der Waals surface area contributed by atoms with E-state index in [4.69, 9.17) is 15.9 Å². The van der Waals surface area contributed by atoms with Gasteiger partial charge in [0.05, 0.1) is 19.7 Å². The summed E-state index contributed by atoms with van der Waals surface area (Å²) in [4.78, 5) is 40.5. The lowest BCUT2D eigenvalue weighted by molar-refractivity contribution is -0.140. The largest absolute Gasteiger partial charge is 0.494 e. The Hall–Kier alpha value is -3.40. The number of nitrogens with one attached hydrogen (secondary N) is 3. The van der Waals surface area contributed by atoms with Crippen molar-refractivity contribution in [2.75, 3.05) is 13.2 Å². The second-order valence-electron chi connectivity index (χ2n) is 10.7. The molecule has 10 heteroatoms. The number of hydrogen-bond acceptors (Lipinski definition) is 6. The summed E-state index contributed by atoms with van der Waals surface area (Å²) in [5.74, 6) is 0.0324. The quantitative estimate of drug-likeness (QED) is 0.197. The van der Waals surface area contributed by atoms with Gasteiger partial charge in [0, 0.05) is 28.3 Å². The summed E-state index contributed by atoms with van der Waals surface area (Å²) >= 11 is 1.42. The number of carbonyl (C=O) groups is 3. The third kappa shape index (κ3) is 8.05. The molecule has 1 aliphatic rings. The van der Waals surface area contributed by atoms with E-state index in [1.54, 1.807) is 16.3 Å². The molecule has 206 valence electrons. The molecule has 0 bridgehead atoms. The Morgan fingerprint density at radius 2 is 1.87 bits per heavy atom. The maximum absolute atomic E-state index is 12.9. The summed E-state index contributed by atoms with van der Waals surface area (Å²) in [6.45, 7) is 8.95. The molecule has 2 unspecified atom stereocenters. The van der Waals surface area contributed by atoms with Gasteiger partial charge in [0.25, 0.3) is 0 Å². The molecule has 0 saturated carbocycles. The number of carbonyl (C=O) groups excluding carboxylic acids is 3. The third-order valence-electron chi connectivity index (χ3n) is 6.63. The summed E-state index contributed by atoms with van der Waals surface area (Å²) in [5.41, 5.74) is 7.43. The van der Waals surface area contributed by atoms with E-state index in [1.165, 1.54) is 16.9 Å². The predicted octanol–water partition coefficient (Wildman–Crippen LogP) is 3.30. The van der Waals surface area contributed by atoms with Crippen LogP contribution in [0.1, 0.15) is 69.4 Å². The number of ether oxygens (including phenoxy) is 1. The molecule has 0 aliphatic carbocycles.